The van der Waals surface area contributed by atoms with Crippen LogP contribution in [-0.4, -0.2) is 31.5 Å². The number of nitrogens with one attached hydrogen (secondary N) is 1. The third-order valence-corrected chi connectivity index (χ3v) is 3.99. The lowest BCUT2D eigenvalue weighted by atomic mass is 10.2. The Labute approximate surface area is 134 Å². The number of furan rings is 1. The summed E-state index contributed by atoms with van der Waals surface area (Å²) in [5.74, 6) is 0.827. The zero-order valence-electron chi connectivity index (χ0n) is 13.8. The highest BCUT2D eigenvalue weighted by molar-refractivity contribution is 5.91. The molecular formula is C16H21N5O2. The average molecular weight is 315 g/mol. The van der Waals surface area contributed by atoms with Crippen molar-refractivity contribution in [2.45, 2.75) is 39.8 Å². The molecule has 1 amide bonds. The molecule has 0 bridgehead atoms. The Hall–Kier alpha value is -2.57. The first-order valence-corrected chi connectivity index (χ1v) is 7.74. The molecule has 0 aliphatic heterocycles. The molecule has 0 aromatic carbocycles. The van der Waals surface area contributed by atoms with E-state index in [9.17, 15) is 4.79 Å². The van der Waals surface area contributed by atoms with Crippen LogP contribution in [0.25, 0.3) is 11.0 Å². The minimum absolute atomic E-state index is 0.125. The Balaban J connectivity index is 1.79. The number of nitrogens with zero attached hydrogens (tertiary/aromatic N) is 4. The van der Waals surface area contributed by atoms with Gasteiger partial charge in [-0.2, -0.15) is 10.2 Å². The third kappa shape index (κ3) is 2.86. The highest BCUT2D eigenvalue weighted by Gasteiger charge is 2.16. The van der Waals surface area contributed by atoms with Gasteiger partial charge in [-0.05, 0) is 32.4 Å². The number of rotatable bonds is 5. The molecule has 122 valence electrons. The summed E-state index contributed by atoms with van der Waals surface area (Å²) in [5, 5.41) is 11.7. The number of aromatic nitrogens is 4. The summed E-state index contributed by atoms with van der Waals surface area (Å²) in [6, 6.07) is 3.63. The van der Waals surface area contributed by atoms with E-state index in [1.807, 2.05) is 38.6 Å². The first kappa shape index (κ1) is 15.3. The van der Waals surface area contributed by atoms with Gasteiger partial charge in [0.1, 0.15) is 16.8 Å². The van der Waals surface area contributed by atoms with Crippen molar-refractivity contribution in [1.82, 2.24) is 24.9 Å². The van der Waals surface area contributed by atoms with E-state index in [0.717, 1.165) is 23.1 Å². The predicted octanol–water partition coefficient (Wildman–Crippen LogP) is 2.25. The van der Waals surface area contributed by atoms with Crippen molar-refractivity contribution in [3.05, 3.63) is 35.5 Å². The lowest BCUT2D eigenvalue weighted by molar-refractivity contribution is 0.0909. The fraction of sp³-hybridized carbons (Fsp3) is 0.438. The zero-order chi connectivity index (χ0) is 16.6. The van der Waals surface area contributed by atoms with Gasteiger partial charge in [0.25, 0.3) is 5.91 Å². The number of amides is 1. The Bertz CT molecular complexity index is 842. The fourth-order valence-electron chi connectivity index (χ4n) is 2.56. The SMILES string of the molecule is CC[C@H](C)NC(=O)c1ccc(Cn2ncc3c2c(C)nn3C)o1. The van der Waals surface area contributed by atoms with Gasteiger partial charge in [-0.3, -0.25) is 14.2 Å². The number of hydrogen-bond donors (Lipinski definition) is 1. The highest BCUT2D eigenvalue weighted by Crippen LogP contribution is 2.19. The molecule has 3 aromatic heterocycles. The summed E-state index contributed by atoms with van der Waals surface area (Å²) < 4.78 is 9.31. The minimum Gasteiger partial charge on any atom is -0.454 e. The van der Waals surface area contributed by atoms with Crippen molar-refractivity contribution >= 4 is 16.9 Å². The monoisotopic (exact) mass is 315 g/mol. The number of carbonyl (C=O) groups excluding carboxylic acids is 1. The fourth-order valence-corrected chi connectivity index (χ4v) is 2.56. The quantitative estimate of drug-likeness (QED) is 0.783. The molecule has 0 aliphatic carbocycles. The van der Waals surface area contributed by atoms with Crippen LogP contribution in [0.2, 0.25) is 0 Å². The molecule has 0 saturated carbocycles. The maximum atomic E-state index is 12.1. The van der Waals surface area contributed by atoms with Crippen molar-refractivity contribution in [2.24, 2.45) is 7.05 Å². The summed E-state index contributed by atoms with van der Waals surface area (Å²) in [5.41, 5.74) is 2.87. The normalized spacial score (nSPS) is 12.7. The summed E-state index contributed by atoms with van der Waals surface area (Å²) >= 11 is 0. The molecular weight excluding hydrogens is 294 g/mol. The van der Waals surface area contributed by atoms with Crippen molar-refractivity contribution in [1.29, 1.82) is 0 Å². The zero-order valence-corrected chi connectivity index (χ0v) is 13.8. The molecule has 0 fully saturated rings. The molecule has 0 unspecified atom stereocenters. The molecule has 0 aliphatic rings. The van der Waals surface area contributed by atoms with E-state index in [-0.39, 0.29) is 11.9 Å². The molecule has 3 heterocycles. The van der Waals surface area contributed by atoms with Crippen LogP contribution in [0.15, 0.2) is 22.7 Å². The van der Waals surface area contributed by atoms with Crippen molar-refractivity contribution < 1.29 is 9.21 Å². The van der Waals surface area contributed by atoms with Crippen LogP contribution >= 0.6 is 0 Å². The van der Waals surface area contributed by atoms with Gasteiger partial charge in [0.2, 0.25) is 0 Å². The highest BCUT2D eigenvalue weighted by atomic mass is 16.4. The molecule has 0 saturated heterocycles. The average Bonchev–Trinajstić information content (AvgIpc) is 3.19. The van der Waals surface area contributed by atoms with E-state index < -0.39 is 0 Å². The summed E-state index contributed by atoms with van der Waals surface area (Å²) in [4.78, 5) is 12.1. The Morgan fingerprint density at radius 3 is 2.96 bits per heavy atom. The van der Waals surface area contributed by atoms with Crippen LogP contribution in [0.5, 0.6) is 0 Å². The van der Waals surface area contributed by atoms with E-state index in [1.165, 1.54) is 0 Å². The number of fused-ring (bicyclic) bond motifs is 1. The maximum absolute atomic E-state index is 12.1. The number of aryl methyl sites for hydroxylation is 2. The topological polar surface area (TPSA) is 77.9 Å². The van der Waals surface area contributed by atoms with Crippen LogP contribution in [-0.2, 0) is 13.6 Å². The van der Waals surface area contributed by atoms with Crippen LogP contribution in [0, 0.1) is 6.92 Å². The number of carbonyl (C=O) groups is 1. The maximum Gasteiger partial charge on any atom is 0.287 e. The van der Waals surface area contributed by atoms with Crippen molar-refractivity contribution in [2.75, 3.05) is 0 Å². The van der Waals surface area contributed by atoms with Crippen LogP contribution < -0.4 is 5.32 Å². The molecule has 3 rings (SSSR count). The van der Waals surface area contributed by atoms with Gasteiger partial charge < -0.3 is 9.73 Å². The first-order valence-electron chi connectivity index (χ1n) is 7.74. The molecule has 0 radical (unpaired) electrons. The molecule has 7 heteroatoms. The van der Waals surface area contributed by atoms with Gasteiger partial charge in [0, 0.05) is 13.1 Å². The largest absolute Gasteiger partial charge is 0.454 e. The summed E-state index contributed by atoms with van der Waals surface area (Å²) in [6.07, 6.45) is 2.67. The molecule has 1 atom stereocenters. The van der Waals surface area contributed by atoms with Gasteiger partial charge >= 0.3 is 0 Å². The Kier molecular flexibility index (Phi) is 3.94. The Morgan fingerprint density at radius 1 is 1.43 bits per heavy atom. The number of hydrogen-bond acceptors (Lipinski definition) is 4. The lowest BCUT2D eigenvalue weighted by Crippen LogP contribution is -2.31. The third-order valence-electron chi connectivity index (χ3n) is 3.99. The predicted molar refractivity (Wildman–Crippen MR) is 86.3 cm³/mol. The van der Waals surface area contributed by atoms with Gasteiger partial charge in [0.15, 0.2) is 5.76 Å². The smallest absolute Gasteiger partial charge is 0.287 e. The molecule has 23 heavy (non-hydrogen) atoms. The van der Waals surface area contributed by atoms with E-state index in [2.05, 4.69) is 15.5 Å². The second-order valence-electron chi connectivity index (χ2n) is 5.79. The van der Waals surface area contributed by atoms with Gasteiger partial charge in [-0.15, -0.1) is 0 Å². The van der Waals surface area contributed by atoms with Crippen LogP contribution in [0.3, 0.4) is 0 Å². The van der Waals surface area contributed by atoms with E-state index in [1.54, 1.807) is 16.9 Å². The van der Waals surface area contributed by atoms with E-state index >= 15 is 0 Å². The second-order valence-corrected chi connectivity index (χ2v) is 5.79. The van der Waals surface area contributed by atoms with Crippen LogP contribution in [0.1, 0.15) is 42.3 Å². The first-order chi connectivity index (χ1) is 11.0. The molecule has 7 nitrogen and oxygen atoms in total. The lowest BCUT2D eigenvalue weighted by Gasteiger charge is -2.09. The Morgan fingerprint density at radius 2 is 2.22 bits per heavy atom. The van der Waals surface area contributed by atoms with Gasteiger partial charge in [-0.25, -0.2) is 0 Å². The van der Waals surface area contributed by atoms with Crippen molar-refractivity contribution in [3.8, 4) is 0 Å². The van der Waals surface area contributed by atoms with Gasteiger partial charge in [0.05, 0.1) is 18.4 Å². The van der Waals surface area contributed by atoms with E-state index in [0.29, 0.717) is 18.1 Å². The minimum atomic E-state index is -0.186. The summed E-state index contributed by atoms with van der Waals surface area (Å²) in [6.45, 7) is 6.41. The molecule has 3 aromatic rings. The standard InChI is InChI=1S/C16H21N5O2/c1-5-10(2)18-16(22)14-7-6-12(23-14)9-21-15-11(3)19-20(4)13(15)8-17-21/h6-8,10H,5,9H2,1-4H3,(H,18,22)/t10-/m0/s1. The van der Waals surface area contributed by atoms with E-state index in [4.69, 9.17) is 4.42 Å². The summed E-state index contributed by atoms with van der Waals surface area (Å²) in [7, 11) is 1.89. The van der Waals surface area contributed by atoms with Crippen LogP contribution in [0.4, 0.5) is 0 Å². The van der Waals surface area contributed by atoms with Crippen molar-refractivity contribution in [3.63, 3.8) is 0 Å². The van der Waals surface area contributed by atoms with Gasteiger partial charge in [-0.1, -0.05) is 6.92 Å². The second kappa shape index (κ2) is 5.91. The molecule has 1 N–H and O–H groups in total. The molecule has 0 spiro atoms.